The van der Waals surface area contributed by atoms with Crippen LogP contribution in [0.4, 0.5) is 10.5 Å². The number of rotatable bonds is 2. The van der Waals surface area contributed by atoms with Crippen LogP contribution >= 0.6 is 0 Å². The maximum absolute atomic E-state index is 12.2. The van der Waals surface area contributed by atoms with Crippen LogP contribution in [0.5, 0.6) is 5.75 Å². The zero-order chi connectivity index (χ0) is 18.9. The van der Waals surface area contributed by atoms with Gasteiger partial charge in [0.1, 0.15) is 11.4 Å². The standard InChI is InChI=1S/C21H22N2O3/c1-21(2,3)26-20(25)23(4)16-8-5-14(6-9-16)18-11-7-15-13-17(24)10-12-19(15)22-18/h5-13,24H,1-4H3. The van der Waals surface area contributed by atoms with E-state index in [-0.39, 0.29) is 5.75 Å². The number of benzene rings is 2. The Balaban J connectivity index is 1.83. The molecule has 3 rings (SSSR count). The Labute approximate surface area is 152 Å². The summed E-state index contributed by atoms with van der Waals surface area (Å²) >= 11 is 0. The fourth-order valence-electron chi connectivity index (χ4n) is 2.57. The molecule has 26 heavy (non-hydrogen) atoms. The fraction of sp³-hybridized carbons (Fsp3) is 0.238. The second-order valence-corrected chi connectivity index (χ2v) is 7.16. The number of hydrogen-bond donors (Lipinski definition) is 1. The van der Waals surface area contributed by atoms with Crippen molar-refractivity contribution in [2.75, 3.05) is 11.9 Å². The first-order valence-corrected chi connectivity index (χ1v) is 8.40. The van der Waals surface area contributed by atoms with Crippen molar-refractivity contribution in [3.63, 3.8) is 0 Å². The number of aromatic hydroxyl groups is 1. The number of ether oxygens (including phenoxy) is 1. The van der Waals surface area contributed by atoms with Crippen molar-refractivity contribution in [2.24, 2.45) is 0 Å². The second kappa shape index (κ2) is 6.67. The predicted octanol–water partition coefficient (Wildman–Crippen LogP) is 4.98. The lowest BCUT2D eigenvalue weighted by Crippen LogP contribution is -2.34. The zero-order valence-corrected chi connectivity index (χ0v) is 15.4. The molecule has 1 N–H and O–H groups in total. The number of carbonyl (C=O) groups excluding carboxylic acids is 1. The molecule has 0 saturated heterocycles. The molecular formula is C21H22N2O3. The highest BCUT2D eigenvalue weighted by Crippen LogP contribution is 2.25. The molecule has 0 saturated carbocycles. The number of amides is 1. The van der Waals surface area contributed by atoms with Crippen molar-refractivity contribution in [3.8, 4) is 17.0 Å². The third-order valence-corrected chi connectivity index (χ3v) is 3.89. The van der Waals surface area contributed by atoms with E-state index >= 15 is 0 Å². The molecule has 0 aliphatic heterocycles. The lowest BCUT2D eigenvalue weighted by atomic mass is 10.1. The van der Waals surface area contributed by atoms with E-state index in [4.69, 9.17) is 4.74 Å². The molecule has 134 valence electrons. The van der Waals surface area contributed by atoms with Gasteiger partial charge in [-0.3, -0.25) is 4.90 Å². The van der Waals surface area contributed by atoms with E-state index in [1.54, 1.807) is 25.2 Å². The smallest absolute Gasteiger partial charge is 0.414 e. The normalized spacial score (nSPS) is 11.4. The van der Waals surface area contributed by atoms with Crippen molar-refractivity contribution in [1.29, 1.82) is 0 Å². The molecule has 1 aromatic heterocycles. The number of pyridine rings is 1. The topological polar surface area (TPSA) is 62.7 Å². The Hall–Kier alpha value is -3.08. The Morgan fingerprint density at radius 2 is 1.73 bits per heavy atom. The second-order valence-electron chi connectivity index (χ2n) is 7.16. The lowest BCUT2D eigenvalue weighted by Gasteiger charge is -2.24. The first-order chi connectivity index (χ1) is 12.2. The third kappa shape index (κ3) is 3.94. The van der Waals surface area contributed by atoms with Gasteiger partial charge in [-0.1, -0.05) is 18.2 Å². The molecule has 0 aliphatic carbocycles. The van der Waals surface area contributed by atoms with Crippen LogP contribution in [0.3, 0.4) is 0 Å². The highest BCUT2D eigenvalue weighted by atomic mass is 16.6. The molecule has 1 amide bonds. The molecule has 3 aromatic rings. The maximum atomic E-state index is 12.2. The molecule has 0 unspecified atom stereocenters. The summed E-state index contributed by atoms with van der Waals surface area (Å²) in [6.45, 7) is 5.52. The molecule has 0 bridgehead atoms. The van der Waals surface area contributed by atoms with Gasteiger partial charge in [-0.15, -0.1) is 0 Å². The quantitative estimate of drug-likeness (QED) is 0.708. The van der Waals surface area contributed by atoms with E-state index in [2.05, 4.69) is 4.98 Å². The van der Waals surface area contributed by atoms with Crippen LogP contribution in [0.1, 0.15) is 20.8 Å². The van der Waals surface area contributed by atoms with Crippen molar-refractivity contribution in [1.82, 2.24) is 4.98 Å². The summed E-state index contributed by atoms with van der Waals surface area (Å²) in [5.41, 5.74) is 2.80. The number of fused-ring (bicyclic) bond motifs is 1. The third-order valence-electron chi connectivity index (χ3n) is 3.89. The monoisotopic (exact) mass is 350 g/mol. The number of phenolic OH excluding ortho intramolecular Hbond substituents is 1. The molecule has 1 heterocycles. The van der Waals surface area contributed by atoms with Crippen LogP contribution in [0.25, 0.3) is 22.2 Å². The van der Waals surface area contributed by atoms with Crippen molar-refractivity contribution in [2.45, 2.75) is 26.4 Å². The highest BCUT2D eigenvalue weighted by molar-refractivity contribution is 5.88. The van der Waals surface area contributed by atoms with Crippen LogP contribution in [0.2, 0.25) is 0 Å². The van der Waals surface area contributed by atoms with Gasteiger partial charge in [0.25, 0.3) is 0 Å². The predicted molar refractivity (Wildman–Crippen MR) is 103 cm³/mol. The van der Waals surface area contributed by atoms with Gasteiger partial charge in [0.05, 0.1) is 11.2 Å². The van der Waals surface area contributed by atoms with Gasteiger partial charge in [0.2, 0.25) is 0 Å². The maximum Gasteiger partial charge on any atom is 0.414 e. The van der Waals surface area contributed by atoms with Crippen LogP contribution in [0, 0.1) is 0 Å². The number of carbonyl (C=O) groups is 1. The molecule has 0 atom stereocenters. The summed E-state index contributed by atoms with van der Waals surface area (Å²) < 4.78 is 5.38. The molecule has 5 heteroatoms. The van der Waals surface area contributed by atoms with E-state index in [0.29, 0.717) is 0 Å². The summed E-state index contributed by atoms with van der Waals surface area (Å²) in [7, 11) is 1.68. The summed E-state index contributed by atoms with van der Waals surface area (Å²) in [6, 6.07) is 16.5. The van der Waals surface area contributed by atoms with Gasteiger partial charge < -0.3 is 9.84 Å². The molecule has 0 fully saturated rings. The van der Waals surface area contributed by atoms with E-state index in [1.807, 2.05) is 57.2 Å². The first-order valence-electron chi connectivity index (χ1n) is 8.40. The van der Waals surface area contributed by atoms with Crippen LogP contribution in [0.15, 0.2) is 54.6 Å². The van der Waals surface area contributed by atoms with Gasteiger partial charge in [0, 0.05) is 23.7 Å². The minimum atomic E-state index is -0.533. The highest BCUT2D eigenvalue weighted by Gasteiger charge is 2.20. The Morgan fingerprint density at radius 3 is 2.38 bits per heavy atom. The van der Waals surface area contributed by atoms with Crippen molar-refractivity contribution in [3.05, 3.63) is 54.6 Å². The number of aromatic nitrogens is 1. The van der Waals surface area contributed by atoms with E-state index in [0.717, 1.165) is 27.8 Å². The van der Waals surface area contributed by atoms with Gasteiger partial charge in [-0.05, 0) is 57.2 Å². The van der Waals surface area contributed by atoms with Gasteiger partial charge in [0.15, 0.2) is 0 Å². The Bertz CT molecular complexity index is 944. The van der Waals surface area contributed by atoms with E-state index in [1.165, 1.54) is 4.90 Å². The molecule has 2 aromatic carbocycles. The minimum absolute atomic E-state index is 0.224. The fourth-order valence-corrected chi connectivity index (χ4v) is 2.57. The van der Waals surface area contributed by atoms with E-state index < -0.39 is 11.7 Å². The Morgan fingerprint density at radius 1 is 1.04 bits per heavy atom. The zero-order valence-electron chi connectivity index (χ0n) is 15.4. The lowest BCUT2D eigenvalue weighted by molar-refractivity contribution is 0.0589. The summed E-state index contributed by atoms with van der Waals surface area (Å²) in [6.07, 6.45) is -0.395. The first kappa shape index (κ1) is 17.7. The SMILES string of the molecule is CN(C(=O)OC(C)(C)C)c1ccc(-c2ccc3cc(O)ccc3n2)cc1. The summed E-state index contributed by atoms with van der Waals surface area (Å²) in [4.78, 5) is 18.3. The average molecular weight is 350 g/mol. The molecule has 0 radical (unpaired) electrons. The van der Waals surface area contributed by atoms with Crippen molar-refractivity contribution < 1.29 is 14.6 Å². The van der Waals surface area contributed by atoms with Crippen molar-refractivity contribution >= 4 is 22.7 Å². The van der Waals surface area contributed by atoms with Gasteiger partial charge in [-0.25, -0.2) is 9.78 Å². The molecule has 0 aliphatic rings. The van der Waals surface area contributed by atoms with Crippen LogP contribution in [-0.2, 0) is 4.74 Å². The summed E-state index contributed by atoms with van der Waals surface area (Å²) in [5.74, 6) is 0.224. The summed E-state index contributed by atoms with van der Waals surface area (Å²) in [5, 5.41) is 10.4. The number of phenols is 1. The Kier molecular flexibility index (Phi) is 4.55. The molecular weight excluding hydrogens is 328 g/mol. The average Bonchev–Trinajstić information content (AvgIpc) is 2.59. The molecule has 5 nitrogen and oxygen atoms in total. The number of anilines is 1. The largest absolute Gasteiger partial charge is 0.508 e. The van der Waals surface area contributed by atoms with E-state index in [9.17, 15) is 9.90 Å². The van der Waals surface area contributed by atoms with Crippen LogP contribution < -0.4 is 4.90 Å². The minimum Gasteiger partial charge on any atom is -0.508 e. The van der Waals surface area contributed by atoms with Crippen LogP contribution in [-0.4, -0.2) is 28.8 Å². The van der Waals surface area contributed by atoms with Gasteiger partial charge >= 0.3 is 6.09 Å². The number of hydrogen-bond acceptors (Lipinski definition) is 4. The molecule has 0 spiro atoms. The van der Waals surface area contributed by atoms with Gasteiger partial charge in [-0.2, -0.15) is 0 Å². The number of nitrogens with zero attached hydrogens (tertiary/aromatic N) is 2.